The van der Waals surface area contributed by atoms with E-state index in [0.717, 1.165) is 12.0 Å². The highest BCUT2D eigenvalue weighted by Gasteiger charge is 2.50. The second-order valence-electron chi connectivity index (χ2n) is 5.55. The van der Waals surface area contributed by atoms with Crippen LogP contribution in [0.4, 0.5) is 0 Å². The average Bonchev–Trinajstić information content (AvgIpc) is 2.86. The van der Waals surface area contributed by atoms with Gasteiger partial charge in [0, 0.05) is 5.56 Å². The van der Waals surface area contributed by atoms with Crippen LogP contribution in [0.2, 0.25) is 0 Å². The second-order valence-corrected chi connectivity index (χ2v) is 5.55. The van der Waals surface area contributed by atoms with Gasteiger partial charge in [-0.25, -0.2) is 0 Å². The van der Waals surface area contributed by atoms with Crippen LogP contribution in [0, 0.1) is 11.8 Å². The minimum absolute atomic E-state index is 0.0173. The van der Waals surface area contributed by atoms with Gasteiger partial charge in [0.2, 0.25) is 0 Å². The van der Waals surface area contributed by atoms with Crippen LogP contribution in [-0.4, -0.2) is 10.9 Å². The lowest BCUT2D eigenvalue weighted by molar-refractivity contribution is -0.127. The number of ketones is 1. The van der Waals surface area contributed by atoms with E-state index in [1.54, 1.807) is 24.7 Å². The Labute approximate surface area is 108 Å². The average molecular weight is 248 g/mol. The lowest BCUT2D eigenvalue weighted by atomic mass is 9.79. The van der Waals surface area contributed by atoms with Crippen LogP contribution in [0.15, 0.2) is 34.7 Å². The number of rotatable bonds is 3. The summed E-state index contributed by atoms with van der Waals surface area (Å²) in [6.45, 7) is 5.82. The molecule has 3 unspecified atom stereocenters. The standard InChI is InChI=1S/C15H20O3/c1-10(2)8-13(16)14-11(3)4-6-15(14,17)12-5-7-18-9-12/h5,7-9,11,14,17H,4,6H2,1-3H3. The van der Waals surface area contributed by atoms with Crippen molar-refractivity contribution in [2.24, 2.45) is 11.8 Å². The lowest BCUT2D eigenvalue weighted by Crippen LogP contribution is -2.36. The monoisotopic (exact) mass is 248 g/mol. The van der Waals surface area contributed by atoms with Gasteiger partial charge < -0.3 is 9.52 Å². The van der Waals surface area contributed by atoms with Crippen LogP contribution in [0.3, 0.4) is 0 Å². The van der Waals surface area contributed by atoms with Gasteiger partial charge in [0.15, 0.2) is 5.78 Å². The first kappa shape index (κ1) is 13.1. The third kappa shape index (κ3) is 2.15. The summed E-state index contributed by atoms with van der Waals surface area (Å²) >= 11 is 0. The first-order valence-electron chi connectivity index (χ1n) is 6.39. The molecule has 1 fully saturated rings. The van der Waals surface area contributed by atoms with E-state index >= 15 is 0 Å². The Kier molecular flexibility index (Phi) is 3.44. The van der Waals surface area contributed by atoms with Crippen LogP contribution >= 0.6 is 0 Å². The number of furan rings is 1. The van der Waals surface area contributed by atoms with E-state index < -0.39 is 5.60 Å². The largest absolute Gasteiger partial charge is 0.472 e. The number of allylic oxidation sites excluding steroid dienone is 2. The Morgan fingerprint density at radius 1 is 1.56 bits per heavy atom. The molecule has 1 N–H and O–H groups in total. The molecule has 3 heteroatoms. The van der Waals surface area contributed by atoms with Crippen molar-refractivity contribution in [3.63, 3.8) is 0 Å². The van der Waals surface area contributed by atoms with Crippen LogP contribution in [0.25, 0.3) is 0 Å². The molecule has 1 aromatic heterocycles. The molecule has 0 saturated heterocycles. The van der Waals surface area contributed by atoms with Crippen molar-refractivity contribution in [2.45, 2.75) is 39.2 Å². The van der Waals surface area contributed by atoms with E-state index in [0.29, 0.717) is 12.0 Å². The van der Waals surface area contributed by atoms with Gasteiger partial charge in [-0.15, -0.1) is 0 Å². The number of hydrogen-bond donors (Lipinski definition) is 1. The predicted molar refractivity (Wildman–Crippen MR) is 68.9 cm³/mol. The van der Waals surface area contributed by atoms with E-state index in [9.17, 15) is 9.90 Å². The summed E-state index contributed by atoms with van der Waals surface area (Å²) in [6.07, 6.45) is 6.19. The van der Waals surface area contributed by atoms with Crippen molar-refractivity contribution in [3.8, 4) is 0 Å². The maximum atomic E-state index is 12.3. The van der Waals surface area contributed by atoms with E-state index in [-0.39, 0.29) is 17.6 Å². The normalized spacial score (nSPS) is 31.3. The van der Waals surface area contributed by atoms with Gasteiger partial charge in [0.25, 0.3) is 0 Å². The fourth-order valence-electron chi connectivity index (χ4n) is 2.97. The summed E-state index contributed by atoms with van der Waals surface area (Å²) in [5.74, 6) is -0.165. The number of carbonyl (C=O) groups is 1. The first-order valence-corrected chi connectivity index (χ1v) is 6.39. The van der Waals surface area contributed by atoms with Crippen molar-refractivity contribution >= 4 is 5.78 Å². The topological polar surface area (TPSA) is 50.4 Å². The fourth-order valence-corrected chi connectivity index (χ4v) is 2.97. The van der Waals surface area contributed by atoms with E-state index in [1.807, 2.05) is 20.8 Å². The van der Waals surface area contributed by atoms with Gasteiger partial charge >= 0.3 is 0 Å². The van der Waals surface area contributed by atoms with Gasteiger partial charge in [-0.1, -0.05) is 12.5 Å². The van der Waals surface area contributed by atoms with Crippen LogP contribution in [0.5, 0.6) is 0 Å². The molecule has 1 saturated carbocycles. The molecule has 0 amide bonds. The first-order chi connectivity index (χ1) is 8.45. The minimum atomic E-state index is -1.07. The molecule has 18 heavy (non-hydrogen) atoms. The zero-order valence-electron chi connectivity index (χ0n) is 11.1. The SMILES string of the molecule is CC(C)=CC(=O)C1C(C)CCC1(O)c1ccoc1. The Bertz CT molecular complexity index is 454. The molecule has 3 nitrogen and oxygen atoms in total. The molecule has 1 aromatic rings. The fraction of sp³-hybridized carbons (Fsp3) is 0.533. The van der Waals surface area contributed by atoms with Gasteiger partial charge in [0.05, 0.1) is 18.4 Å². The highest BCUT2D eigenvalue weighted by atomic mass is 16.3. The zero-order valence-corrected chi connectivity index (χ0v) is 11.1. The Morgan fingerprint density at radius 2 is 2.28 bits per heavy atom. The number of aliphatic hydroxyl groups is 1. The third-order valence-electron chi connectivity index (χ3n) is 3.82. The molecule has 0 spiro atoms. The molecule has 3 atom stereocenters. The van der Waals surface area contributed by atoms with Crippen molar-refractivity contribution in [1.82, 2.24) is 0 Å². The van der Waals surface area contributed by atoms with Gasteiger partial charge in [-0.2, -0.15) is 0 Å². The molecular formula is C15H20O3. The minimum Gasteiger partial charge on any atom is -0.472 e. The summed E-state index contributed by atoms with van der Waals surface area (Å²) in [6, 6.07) is 1.75. The van der Waals surface area contributed by atoms with Crippen LogP contribution in [-0.2, 0) is 10.4 Å². The Morgan fingerprint density at radius 3 is 2.83 bits per heavy atom. The third-order valence-corrected chi connectivity index (χ3v) is 3.82. The summed E-state index contributed by atoms with van der Waals surface area (Å²) in [5, 5.41) is 10.9. The maximum absolute atomic E-state index is 12.3. The molecule has 0 aromatic carbocycles. The summed E-state index contributed by atoms with van der Waals surface area (Å²) in [4.78, 5) is 12.3. The van der Waals surface area contributed by atoms with Crippen LogP contribution < -0.4 is 0 Å². The predicted octanol–water partition coefficient (Wildman–Crippen LogP) is 3.05. The lowest BCUT2D eigenvalue weighted by Gasteiger charge is -2.29. The molecule has 98 valence electrons. The smallest absolute Gasteiger partial charge is 0.162 e. The number of hydrogen-bond acceptors (Lipinski definition) is 3. The molecule has 1 heterocycles. The molecule has 0 radical (unpaired) electrons. The number of carbonyl (C=O) groups excluding carboxylic acids is 1. The summed E-state index contributed by atoms with van der Waals surface area (Å²) in [5.41, 5.74) is 0.608. The summed E-state index contributed by atoms with van der Waals surface area (Å²) < 4.78 is 5.05. The van der Waals surface area contributed by atoms with Gasteiger partial charge in [-0.3, -0.25) is 4.79 Å². The van der Waals surface area contributed by atoms with Crippen molar-refractivity contribution in [2.75, 3.05) is 0 Å². The molecule has 1 aliphatic carbocycles. The molecular weight excluding hydrogens is 228 g/mol. The van der Waals surface area contributed by atoms with E-state index in [2.05, 4.69) is 0 Å². The second kappa shape index (κ2) is 4.73. The van der Waals surface area contributed by atoms with Crippen molar-refractivity contribution in [3.05, 3.63) is 35.8 Å². The van der Waals surface area contributed by atoms with Crippen molar-refractivity contribution in [1.29, 1.82) is 0 Å². The van der Waals surface area contributed by atoms with E-state index in [4.69, 9.17) is 4.42 Å². The highest BCUT2D eigenvalue weighted by molar-refractivity contribution is 5.93. The quantitative estimate of drug-likeness (QED) is 0.836. The van der Waals surface area contributed by atoms with Crippen molar-refractivity contribution < 1.29 is 14.3 Å². The highest BCUT2D eigenvalue weighted by Crippen LogP contribution is 2.47. The van der Waals surface area contributed by atoms with E-state index in [1.165, 1.54) is 0 Å². The zero-order chi connectivity index (χ0) is 13.3. The molecule has 2 rings (SSSR count). The maximum Gasteiger partial charge on any atom is 0.162 e. The van der Waals surface area contributed by atoms with Gasteiger partial charge in [0.1, 0.15) is 5.60 Å². The molecule has 0 bridgehead atoms. The summed E-state index contributed by atoms with van der Waals surface area (Å²) in [7, 11) is 0. The molecule has 1 aliphatic rings. The van der Waals surface area contributed by atoms with Gasteiger partial charge in [-0.05, 0) is 44.7 Å². The molecule has 0 aliphatic heterocycles. The van der Waals surface area contributed by atoms with Crippen LogP contribution in [0.1, 0.15) is 39.2 Å². The Balaban J connectivity index is 2.36. The Hall–Kier alpha value is -1.35.